The Morgan fingerprint density at radius 1 is 1.03 bits per heavy atom. The summed E-state index contributed by atoms with van der Waals surface area (Å²) in [7, 11) is 0. The lowest BCUT2D eigenvalue weighted by Crippen LogP contribution is -2.23. The molecule has 0 fully saturated rings. The van der Waals surface area contributed by atoms with Crippen LogP contribution in [-0.4, -0.2) is 31.0 Å². The largest absolute Gasteiger partial charge is 0.489 e. The van der Waals surface area contributed by atoms with Gasteiger partial charge in [0.25, 0.3) is 5.56 Å². The van der Waals surface area contributed by atoms with E-state index in [1.165, 1.54) is 15.9 Å². The summed E-state index contributed by atoms with van der Waals surface area (Å²) in [6.07, 6.45) is 5.49. The number of benzene rings is 3. The van der Waals surface area contributed by atoms with Crippen molar-refractivity contribution in [3.05, 3.63) is 123 Å². The van der Waals surface area contributed by atoms with Gasteiger partial charge in [0.1, 0.15) is 18.1 Å². The minimum Gasteiger partial charge on any atom is -0.489 e. The zero-order valence-corrected chi connectivity index (χ0v) is 22.5. The third kappa shape index (κ3) is 4.87. The first-order valence-electron chi connectivity index (χ1n) is 12.2. The number of rotatable bonds is 7. The number of hydrogen-bond acceptors (Lipinski definition) is 6. The normalized spacial score (nSPS) is 11.8. The summed E-state index contributed by atoms with van der Waals surface area (Å²) in [4.78, 5) is 18.4. The Bertz CT molecular complexity index is 1920. The third-order valence-electron chi connectivity index (χ3n) is 6.14. The summed E-state index contributed by atoms with van der Waals surface area (Å²) in [5.74, 6) is 1.27. The van der Waals surface area contributed by atoms with Crippen LogP contribution in [-0.2, 0) is 0 Å². The van der Waals surface area contributed by atoms with Crippen molar-refractivity contribution >= 4 is 34.0 Å². The highest BCUT2D eigenvalue weighted by Crippen LogP contribution is 2.29. The number of thiazole rings is 1. The van der Waals surface area contributed by atoms with Crippen LogP contribution in [0.1, 0.15) is 11.1 Å². The van der Waals surface area contributed by atoms with E-state index in [2.05, 4.69) is 16.7 Å². The Morgan fingerprint density at radius 3 is 2.51 bits per heavy atom. The molecular formula is C30H22ClN5O2S. The fourth-order valence-electron chi connectivity index (χ4n) is 4.23. The van der Waals surface area contributed by atoms with Crippen LogP contribution in [0, 0.1) is 6.92 Å². The number of nitrogens with zero attached hydrogens (tertiary/aromatic N) is 5. The Labute approximate surface area is 232 Å². The third-order valence-corrected chi connectivity index (χ3v) is 7.35. The Kier molecular flexibility index (Phi) is 6.56. The molecule has 0 amide bonds. The van der Waals surface area contributed by atoms with E-state index in [0.717, 1.165) is 39.4 Å². The lowest BCUT2D eigenvalue weighted by atomic mass is 10.0. The maximum absolute atomic E-state index is 13.3. The van der Waals surface area contributed by atoms with Crippen molar-refractivity contribution < 1.29 is 4.74 Å². The number of halogens is 1. The van der Waals surface area contributed by atoms with E-state index in [9.17, 15) is 4.79 Å². The quantitative estimate of drug-likeness (QED) is 0.236. The lowest BCUT2D eigenvalue weighted by Gasteiger charge is -2.08. The average Bonchev–Trinajstić information content (AvgIpc) is 3.64. The molecule has 6 rings (SSSR count). The van der Waals surface area contributed by atoms with Gasteiger partial charge in [-0.25, -0.2) is 4.68 Å². The average molecular weight is 552 g/mol. The SMILES string of the molecule is C=CCOc1ccc(-c2nn(-c3ccccc3)cc2/C=c2\sc3nc(-c4ccc(Cl)cc4)nn3c2=O)cc1C. The summed E-state index contributed by atoms with van der Waals surface area (Å²) in [5.41, 5.74) is 4.92. The number of hydrogen-bond donors (Lipinski definition) is 0. The van der Waals surface area contributed by atoms with Gasteiger partial charge in [-0.2, -0.15) is 14.6 Å². The molecule has 0 radical (unpaired) electrons. The van der Waals surface area contributed by atoms with E-state index < -0.39 is 0 Å². The van der Waals surface area contributed by atoms with Crippen LogP contribution in [0.2, 0.25) is 5.02 Å². The van der Waals surface area contributed by atoms with Gasteiger partial charge in [0.15, 0.2) is 5.82 Å². The van der Waals surface area contributed by atoms with Crippen molar-refractivity contribution in [1.82, 2.24) is 24.4 Å². The molecule has 0 spiro atoms. The van der Waals surface area contributed by atoms with Crippen molar-refractivity contribution in [3.63, 3.8) is 0 Å². The lowest BCUT2D eigenvalue weighted by molar-refractivity contribution is 0.361. The molecule has 3 aromatic carbocycles. The summed E-state index contributed by atoms with van der Waals surface area (Å²) in [6, 6.07) is 23.0. The predicted molar refractivity (Wildman–Crippen MR) is 156 cm³/mol. The topological polar surface area (TPSA) is 74.3 Å². The van der Waals surface area contributed by atoms with Crippen LogP contribution in [0.3, 0.4) is 0 Å². The second-order valence-corrected chi connectivity index (χ2v) is 10.3. The first-order valence-corrected chi connectivity index (χ1v) is 13.4. The van der Waals surface area contributed by atoms with Gasteiger partial charge >= 0.3 is 0 Å². The standard InChI is InChI=1S/C30H22ClN5O2S/c1-3-15-38-25-14-11-21(16-19(25)2)27-22(18-35(33-27)24-7-5-4-6-8-24)17-26-29(37)36-30(39-26)32-28(34-36)20-9-12-23(31)13-10-20/h3-14,16-18H,1,15H2,2H3/b26-17-. The molecule has 192 valence electrons. The predicted octanol–water partition coefficient (Wildman–Crippen LogP) is 5.75. The molecular weight excluding hydrogens is 530 g/mol. The molecule has 0 atom stereocenters. The smallest absolute Gasteiger partial charge is 0.291 e. The first-order chi connectivity index (χ1) is 19.0. The highest BCUT2D eigenvalue weighted by molar-refractivity contribution is 7.15. The molecule has 3 aromatic heterocycles. The van der Waals surface area contributed by atoms with Crippen molar-refractivity contribution in [2.45, 2.75) is 6.92 Å². The van der Waals surface area contributed by atoms with E-state index in [4.69, 9.17) is 21.4 Å². The van der Waals surface area contributed by atoms with Crippen LogP contribution in [0.25, 0.3) is 39.4 Å². The molecule has 9 heteroatoms. The van der Waals surface area contributed by atoms with Crippen LogP contribution in [0.4, 0.5) is 0 Å². The molecule has 0 aliphatic carbocycles. The van der Waals surface area contributed by atoms with Gasteiger partial charge < -0.3 is 4.74 Å². The van der Waals surface area contributed by atoms with Gasteiger partial charge in [0.05, 0.1) is 10.2 Å². The maximum Gasteiger partial charge on any atom is 0.291 e. The van der Waals surface area contributed by atoms with Gasteiger partial charge in [-0.1, -0.05) is 53.8 Å². The molecule has 0 N–H and O–H groups in total. The molecule has 0 unspecified atom stereocenters. The fraction of sp³-hybridized carbons (Fsp3) is 0.0667. The molecule has 0 saturated heterocycles. The van der Waals surface area contributed by atoms with Crippen LogP contribution < -0.4 is 14.8 Å². The second-order valence-electron chi connectivity index (χ2n) is 8.85. The molecule has 0 aliphatic rings. The van der Waals surface area contributed by atoms with E-state index in [-0.39, 0.29) is 5.56 Å². The number of aryl methyl sites for hydroxylation is 1. The van der Waals surface area contributed by atoms with Crippen molar-refractivity contribution in [2.75, 3.05) is 6.61 Å². The molecule has 6 aromatic rings. The van der Waals surface area contributed by atoms with Gasteiger partial charge in [0, 0.05) is 27.9 Å². The van der Waals surface area contributed by atoms with Crippen molar-refractivity contribution in [2.24, 2.45) is 0 Å². The van der Waals surface area contributed by atoms with Gasteiger partial charge in [0.2, 0.25) is 4.96 Å². The molecule has 0 saturated carbocycles. The maximum atomic E-state index is 13.3. The van der Waals surface area contributed by atoms with Crippen LogP contribution >= 0.6 is 22.9 Å². The number of fused-ring (bicyclic) bond motifs is 1. The highest BCUT2D eigenvalue weighted by Gasteiger charge is 2.16. The molecule has 7 nitrogen and oxygen atoms in total. The number of para-hydroxylation sites is 1. The van der Waals surface area contributed by atoms with Crippen LogP contribution in [0.15, 0.2) is 96.4 Å². The monoisotopic (exact) mass is 551 g/mol. The summed E-state index contributed by atoms with van der Waals surface area (Å²) in [6.45, 7) is 6.14. The zero-order chi connectivity index (χ0) is 26.9. The highest BCUT2D eigenvalue weighted by atomic mass is 35.5. The summed E-state index contributed by atoms with van der Waals surface area (Å²) >= 11 is 7.29. The molecule has 0 bridgehead atoms. The van der Waals surface area contributed by atoms with E-state index in [0.29, 0.717) is 26.9 Å². The number of ether oxygens (including phenoxy) is 1. The summed E-state index contributed by atoms with van der Waals surface area (Å²) < 4.78 is 9.43. The minimum absolute atomic E-state index is 0.231. The second kappa shape index (κ2) is 10.3. The zero-order valence-electron chi connectivity index (χ0n) is 20.9. The Hall–Kier alpha value is -4.53. The Balaban J connectivity index is 1.45. The molecule has 39 heavy (non-hydrogen) atoms. The van der Waals surface area contributed by atoms with Crippen molar-refractivity contribution in [3.8, 4) is 34.1 Å². The van der Waals surface area contributed by atoms with E-state index in [1.807, 2.05) is 84.5 Å². The van der Waals surface area contributed by atoms with E-state index in [1.54, 1.807) is 18.2 Å². The van der Waals surface area contributed by atoms with Crippen molar-refractivity contribution in [1.29, 1.82) is 0 Å². The van der Waals surface area contributed by atoms with E-state index >= 15 is 0 Å². The van der Waals surface area contributed by atoms with Crippen LogP contribution in [0.5, 0.6) is 5.75 Å². The van der Waals surface area contributed by atoms with Gasteiger partial charge in [-0.3, -0.25) is 4.79 Å². The molecule has 0 aliphatic heterocycles. The minimum atomic E-state index is -0.231. The summed E-state index contributed by atoms with van der Waals surface area (Å²) in [5, 5.41) is 9.97. The molecule has 3 heterocycles. The number of aromatic nitrogens is 5. The Morgan fingerprint density at radius 2 is 1.79 bits per heavy atom. The van der Waals surface area contributed by atoms with Gasteiger partial charge in [-0.05, 0) is 73.2 Å². The first kappa shape index (κ1) is 24.8. The van der Waals surface area contributed by atoms with Gasteiger partial charge in [-0.15, -0.1) is 5.10 Å². The fourth-order valence-corrected chi connectivity index (χ4v) is 5.26.